The van der Waals surface area contributed by atoms with Crippen LogP contribution in [0.25, 0.3) is 0 Å². The van der Waals surface area contributed by atoms with E-state index in [9.17, 15) is 4.79 Å². The summed E-state index contributed by atoms with van der Waals surface area (Å²) in [5.41, 5.74) is -0.132. The quantitative estimate of drug-likeness (QED) is 0.435. The molecule has 1 saturated heterocycles. The first-order valence-electron chi connectivity index (χ1n) is 4.37. The molecule has 2 rings (SSSR count). The smallest absolute Gasteiger partial charge is 0.338 e. The van der Waals surface area contributed by atoms with Gasteiger partial charge in [0, 0.05) is 0 Å². The zero-order valence-electron chi connectivity index (χ0n) is 7.66. The standard InChI is InChI=1S/C9H14O3/c1-5-4-9(6(5)2)7(12-9)8(10)11-3/h5-7H,4H2,1-3H3. The van der Waals surface area contributed by atoms with E-state index >= 15 is 0 Å². The molecular formula is C9H14O3. The predicted octanol–water partition coefficient (Wildman–Crippen LogP) is 0.973. The lowest BCUT2D eigenvalue weighted by molar-refractivity contribution is -0.142. The molecule has 0 aromatic heterocycles. The van der Waals surface area contributed by atoms with E-state index in [0.717, 1.165) is 6.42 Å². The number of carbonyl (C=O) groups excluding carboxylic acids is 1. The summed E-state index contributed by atoms with van der Waals surface area (Å²) in [6.07, 6.45) is 0.738. The fraction of sp³-hybridized carbons (Fsp3) is 0.889. The summed E-state index contributed by atoms with van der Waals surface area (Å²) >= 11 is 0. The summed E-state index contributed by atoms with van der Waals surface area (Å²) < 4.78 is 10.0. The van der Waals surface area contributed by atoms with Gasteiger partial charge in [0.25, 0.3) is 0 Å². The molecule has 1 saturated carbocycles. The van der Waals surface area contributed by atoms with Gasteiger partial charge in [0.1, 0.15) is 5.60 Å². The first-order valence-corrected chi connectivity index (χ1v) is 4.37. The third kappa shape index (κ3) is 0.774. The average Bonchev–Trinajstić information content (AvgIpc) is 2.80. The van der Waals surface area contributed by atoms with Crippen LogP contribution in [0.2, 0.25) is 0 Å². The maximum absolute atomic E-state index is 11.1. The fourth-order valence-corrected chi connectivity index (χ4v) is 2.23. The number of methoxy groups -OCH3 is 1. The second-order valence-corrected chi connectivity index (χ2v) is 3.95. The Morgan fingerprint density at radius 1 is 1.58 bits per heavy atom. The second kappa shape index (κ2) is 2.22. The highest BCUT2D eigenvalue weighted by Crippen LogP contribution is 2.59. The molecule has 3 nitrogen and oxygen atoms in total. The molecule has 0 amide bonds. The van der Waals surface area contributed by atoms with Gasteiger partial charge in [0.2, 0.25) is 0 Å². The lowest BCUT2D eigenvalue weighted by atomic mass is 9.64. The molecule has 68 valence electrons. The molecule has 4 atom stereocenters. The van der Waals surface area contributed by atoms with Crippen molar-refractivity contribution in [2.45, 2.75) is 32.0 Å². The second-order valence-electron chi connectivity index (χ2n) is 3.95. The van der Waals surface area contributed by atoms with Gasteiger partial charge in [0.05, 0.1) is 7.11 Å². The SMILES string of the molecule is COC(=O)C1OC12CC(C)C2C. The highest BCUT2D eigenvalue weighted by atomic mass is 16.7. The zero-order valence-corrected chi connectivity index (χ0v) is 7.66. The van der Waals surface area contributed by atoms with E-state index in [0.29, 0.717) is 11.8 Å². The van der Waals surface area contributed by atoms with Crippen LogP contribution in [0.15, 0.2) is 0 Å². The number of hydrogen-bond acceptors (Lipinski definition) is 3. The molecule has 12 heavy (non-hydrogen) atoms. The first-order chi connectivity index (χ1) is 5.62. The molecule has 3 heteroatoms. The van der Waals surface area contributed by atoms with Crippen LogP contribution in [-0.2, 0) is 14.3 Å². The summed E-state index contributed by atoms with van der Waals surface area (Å²) in [6, 6.07) is 0. The highest BCUT2D eigenvalue weighted by molar-refractivity contribution is 5.79. The number of carbonyl (C=O) groups is 1. The number of hydrogen-bond donors (Lipinski definition) is 0. The summed E-state index contributed by atoms with van der Waals surface area (Å²) in [4.78, 5) is 11.1. The molecule has 0 aromatic carbocycles. The zero-order chi connectivity index (χ0) is 8.93. The molecule has 1 aliphatic carbocycles. The molecule has 0 N–H and O–H groups in total. The number of ether oxygens (including phenoxy) is 2. The van der Waals surface area contributed by atoms with Gasteiger partial charge >= 0.3 is 5.97 Å². The van der Waals surface area contributed by atoms with Crippen molar-refractivity contribution in [3.63, 3.8) is 0 Å². The van der Waals surface area contributed by atoms with Crippen molar-refractivity contribution >= 4 is 5.97 Å². The van der Waals surface area contributed by atoms with Gasteiger partial charge in [0.15, 0.2) is 6.10 Å². The van der Waals surface area contributed by atoms with Crippen LogP contribution in [0.4, 0.5) is 0 Å². The Bertz CT molecular complexity index is 226. The molecule has 2 aliphatic rings. The van der Waals surface area contributed by atoms with Crippen molar-refractivity contribution in [2.24, 2.45) is 11.8 Å². The van der Waals surface area contributed by atoms with E-state index in [1.54, 1.807) is 0 Å². The number of esters is 1. The normalized spacial score (nSPS) is 50.1. The molecule has 0 aromatic rings. The van der Waals surface area contributed by atoms with E-state index in [1.165, 1.54) is 7.11 Å². The molecule has 0 radical (unpaired) electrons. The van der Waals surface area contributed by atoms with Crippen LogP contribution >= 0.6 is 0 Å². The summed E-state index contributed by atoms with van der Waals surface area (Å²) in [7, 11) is 1.41. The van der Waals surface area contributed by atoms with Crippen LogP contribution in [0, 0.1) is 11.8 Å². The van der Waals surface area contributed by atoms with Gasteiger partial charge in [-0.05, 0) is 18.3 Å². The van der Waals surface area contributed by atoms with Crippen molar-refractivity contribution in [1.29, 1.82) is 0 Å². The Hall–Kier alpha value is -0.570. The molecular weight excluding hydrogens is 156 g/mol. The lowest BCUT2D eigenvalue weighted by Crippen LogP contribution is -2.44. The van der Waals surface area contributed by atoms with Gasteiger partial charge in [-0.2, -0.15) is 0 Å². The van der Waals surface area contributed by atoms with Crippen LogP contribution in [0.5, 0.6) is 0 Å². The Morgan fingerprint density at radius 3 is 2.67 bits per heavy atom. The summed E-state index contributed by atoms with van der Waals surface area (Å²) in [5.74, 6) is 0.968. The highest BCUT2D eigenvalue weighted by Gasteiger charge is 2.71. The van der Waals surface area contributed by atoms with Gasteiger partial charge in [-0.25, -0.2) is 4.79 Å². The molecule has 4 unspecified atom stereocenters. The van der Waals surface area contributed by atoms with Gasteiger partial charge in [-0.3, -0.25) is 0 Å². The minimum Gasteiger partial charge on any atom is -0.467 e. The van der Waals surface area contributed by atoms with Crippen molar-refractivity contribution in [3.05, 3.63) is 0 Å². The minimum atomic E-state index is -0.270. The first kappa shape index (κ1) is 8.05. The topological polar surface area (TPSA) is 38.8 Å². The maximum atomic E-state index is 11.1. The molecule has 1 heterocycles. The summed E-state index contributed by atoms with van der Waals surface area (Å²) in [5, 5.41) is 0. The van der Waals surface area contributed by atoms with Crippen LogP contribution in [0.1, 0.15) is 20.3 Å². The van der Waals surface area contributed by atoms with E-state index in [1.807, 2.05) is 0 Å². The molecule has 1 spiro atoms. The van der Waals surface area contributed by atoms with Gasteiger partial charge in [-0.15, -0.1) is 0 Å². The van der Waals surface area contributed by atoms with E-state index in [-0.39, 0.29) is 17.7 Å². The van der Waals surface area contributed by atoms with Crippen molar-refractivity contribution in [2.75, 3.05) is 7.11 Å². The third-order valence-electron chi connectivity index (χ3n) is 3.40. The Kier molecular flexibility index (Phi) is 1.49. The lowest BCUT2D eigenvalue weighted by Gasteiger charge is -2.38. The third-order valence-corrected chi connectivity index (χ3v) is 3.40. The van der Waals surface area contributed by atoms with Crippen molar-refractivity contribution in [1.82, 2.24) is 0 Å². The fourth-order valence-electron chi connectivity index (χ4n) is 2.23. The van der Waals surface area contributed by atoms with Gasteiger partial charge < -0.3 is 9.47 Å². The van der Waals surface area contributed by atoms with Crippen LogP contribution in [0.3, 0.4) is 0 Å². The molecule has 2 fully saturated rings. The predicted molar refractivity (Wildman–Crippen MR) is 42.6 cm³/mol. The van der Waals surface area contributed by atoms with Crippen molar-refractivity contribution < 1.29 is 14.3 Å². The molecule has 1 aliphatic heterocycles. The average molecular weight is 170 g/mol. The van der Waals surface area contributed by atoms with E-state index in [4.69, 9.17) is 4.74 Å². The van der Waals surface area contributed by atoms with Crippen molar-refractivity contribution in [3.8, 4) is 0 Å². The Balaban J connectivity index is 1.99. The Morgan fingerprint density at radius 2 is 2.25 bits per heavy atom. The minimum absolute atomic E-state index is 0.132. The van der Waals surface area contributed by atoms with Crippen LogP contribution in [-0.4, -0.2) is 24.8 Å². The number of epoxide rings is 1. The summed E-state index contributed by atoms with van der Waals surface area (Å²) in [6.45, 7) is 4.32. The number of rotatable bonds is 1. The van der Waals surface area contributed by atoms with E-state index < -0.39 is 0 Å². The Labute approximate surface area is 72.0 Å². The van der Waals surface area contributed by atoms with E-state index in [2.05, 4.69) is 18.6 Å². The van der Waals surface area contributed by atoms with Gasteiger partial charge in [-0.1, -0.05) is 13.8 Å². The monoisotopic (exact) mass is 170 g/mol. The van der Waals surface area contributed by atoms with Crippen LogP contribution < -0.4 is 0 Å². The molecule has 0 bridgehead atoms. The largest absolute Gasteiger partial charge is 0.467 e. The maximum Gasteiger partial charge on any atom is 0.338 e.